The number of nitrogens with one attached hydrogen (secondary N) is 1. The van der Waals surface area contributed by atoms with Crippen molar-refractivity contribution >= 4 is 0 Å². The molecule has 1 N–H and O–H groups in total. The lowest BCUT2D eigenvalue weighted by atomic mass is 9.97. The molecular weight excluding hydrogens is 244 g/mol. The van der Waals surface area contributed by atoms with E-state index >= 15 is 0 Å². The zero-order valence-corrected chi connectivity index (χ0v) is 13.5. The Morgan fingerprint density at radius 1 is 1.15 bits per heavy atom. The molecule has 0 spiro atoms. The van der Waals surface area contributed by atoms with Crippen molar-refractivity contribution in [3.05, 3.63) is 35.4 Å². The van der Waals surface area contributed by atoms with Crippen molar-refractivity contribution in [3.63, 3.8) is 0 Å². The highest BCUT2D eigenvalue weighted by Crippen LogP contribution is 2.18. The first-order valence-corrected chi connectivity index (χ1v) is 8.19. The van der Waals surface area contributed by atoms with Crippen LogP contribution in [0.3, 0.4) is 0 Å². The van der Waals surface area contributed by atoms with Crippen LogP contribution in [-0.2, 0) is 13.0 Å². The summed E-state index contributed by atoms with van der Waals surface area (Å²) < 4.78 is 0. The van der Waals surface area contributed by atoms with Crippen LogP contribution in [0.25, 0.3) is 0 Å². The standard InChI is InChI=1S/C18H30N2/c1-5-15-7-9-16(10-8-15)12-20-13-18(14(3)4)19-11-17(20)6-2/h7-10,14,17-19H,5-6,11-13H2,1-4H3. The predicted molar refractivity (Wildman–Crippen MR) is 86.9 cm³/mol. The minimum atomic E-state index is 0.632. The maximum Gasteiger partial charge on any atom is 0.0237 e. The molecule has 1 aromatic rings. The van der Waals surface area contributed by atoms with Gasteiger partial charge in [-0.3, -0.25) is 4.90 Å². The fourth-order valence-corrected chi connectivity index (χ4v) is 3.04. The molecule has 2 nitrogen and oxygen atoms in total. The molecule has 0 bridgehead atoms. The fourth-order valence-electron chi connectivity index (χ4n) is 3.04. The van der Waals surface area contributed by atoms with Gasteiger partial charge in [0.2, 0.25) is 0 Å². The van der Waals surface area contributed by atoms with Crippen molar-refractivity contribution < 1.29 is 0 Å². The molecule has 1 aromatic carbocycles. The smallest absolute Gasteiger partial charge is 0.0237 e. The molecule has 2 atom stereocenters. The van der Waals surface area contributed by atoms with Gasteiger partial charge in [-0.15, -0.1) is 0 Å². The van der Waals surface area contributed by atoms with Gasteiger partial charge < -0.3 is 5.32 Å². The first kappa shape index (κ1) is 15.5. The Morgan fingerprint density at radius 2 is 1.80 bits per heavy atom. The zero-order valence-electron chi connectivity index (χ0n) is 13.5. The molecule has 20 heavy (non-hydrogen) atoms. The molecule has 0 radical (unpaired) electrons. The van der Waals surface area contributed by atoms with Crippen LogP contribution < -0.4 is 5.32 Å². The second-order valence-corrected chi connectivity index (χ2v) is 6.42. The lowest BCUT2D eigenvalue weighted by Crippen LogP contribution is -2.57. The summed E-state index contributed by atoms with van der Waals surface area (Å²) in [4.78, 5) is 2.67. The Labute approximate surface area is 124 Å². The van der Waals surface area contributed by atoms with Gasteiger partial charge >= 0.3 is 0 Å². The van der Waals surface area contributed by atoms with Crippen molar-refractivity contribution in [3.8, 4) is 0 Å². The molecule has 0 amide bonds. The number of hydrogen-bond acceptors (Lipinski definition) is 2. The molecule has 2 heteroatoms. The van der Waals surface area contributed by atoms with Crippen LogP contribution in [-0.4, -0.2) is 30.1 Å². The van der Waals surface area contributed by atoms with Gasteiger partial charge in [0.15, 0.2) is 0 Å². The van der Waals surface area contributed by atoms with E-state index in [9.17, 15) is 0 Å². The van der Waals surface area contributed by atoms with Crippen LogP contribution in [0.1, 0.15) is 45.2 Å². The monoisotopic (exact) mass is 274 g/mol. The van der Waals surface area contributed by atoms with Crippen LogP contribution in [0.15, 0.2) is 24.3 Å². The molecule has 2 rings (SSSR count). The maximum atomic E-state index is 3.71. The summed E-state index contributed by atoms with van der Waals surface area (Å²) in [6.07, 6.45) is 2.35. The quantitative estimate of drug-likeness (QED) is 0.884. The average molecular weight is 274 g/mol. The summed E-state index contributed by atoms with van der Waals surface area (Å²) >= 11 is 0. The summed E-state index contributed by atoms with van der Waals surface area (Å²) in [6.45, 7) is 12.5. The SMILES string of the molecule is CCc1ccc(CN2CC(C(C)C)NCC2CC)cc1. The Kier molecular flexibility index (Phi) is 5.62. The van der Waals surface area contributed by atoms with E-state index < -0.39 is 0 Å². The molecule has 0 aliphatic carbocycles. The first-order chi connectivity index (χ1) is 9.63. The molecule has 1 fully saturated rings. The highest BCUT2D eigenvalue weighted by Gasteiger charge is 2.28. The van der Waals surface area contributed by atoms with E-state index in [2.05, 4.69) is 62.2 Å². The fraction of sp³-hybridized carbons (Fsp3) is 0.667. The number of rotatable bonds is 5. The van der Waals surface area contributed by atoms with E-state index in [1.54, 1.807) is 0 Å². The van der Waals surface area contributed by atoms with Gasteiger partial charge in [0.25, 0.3) is 0 Å². The van der Waals surface area contributed by atoms with Gasteiger partial charge in [-0.1, -0.05) is 52.0 Å². The molecule has 1 aliphatic heterocycles. The molecule has 0 saturated carbocycles. The summed E-state index contributed by atoms with van der Waals surface area (Å²) in [5, 5.41) is 3.71. The normalized spacial score (nSPS) is 24.2. The van der Waals surface area contributed by atoms with Crippen LogP contribution in [0, 0.1) is 5.92 Å². The van der Waals surface area contributed by atoms with Gasteiger partial charge in [0, 0.05) is 31.7 Å². The predicted octanol–water partition coefficient (Wildman–Crippen LogP) is 3.46. The van der Waals surface area contributed by atoms with Crippen molar-refractivity contribution in [1.29, 1.82) is 0 Å². The zero-order chi connectivity index (χ0) is 14.5. The topological polar surface area (TPSA) is 15.3 Å². The van der Waals surface area contributed by atoms with Gasteiger partial charge in [-0.2, -0.15) is 0 Å². The molecule has 1 aliphatic rings. The first-order valence-electron chi connectivity index (χ1n) is 8.19. The van der Waals surface area contributed by atoms with Crippen LogP contribution in [0.2, 0.25) is 0 Å². The lowest BCUT2D eigenvalue weighted by molar-refractivity contribution is 0.103. The van der Waals surface area contributed by atoms with E-state index in [0.717, 1.165) is 19.5 Å². The molecular formula is C18H30N2. The molecule has 112 valence electrons. The van der Waals surface area contributed by atoms with Gasteiger partial charge in [0.1, 0.15) is 0 Å². The third kappa shape index (κ3) is 3.83. The molecule has 1 saturated heterocycles. The van der Waals surface area contributed by atoms with Gasteiger partial charge in [-0.05, 0) is 29.9 Å². The third-order valence-electron chi connectivity index (χ3n) is 4.66. The highest BCUT2D eigenvalue weighted by atomic mass is 15.2. The Balaban J connectivity index is 2.02. The summed E-state index contributed by atoms with van der Waals surface area (Å²) in [6, 6.07) is 10.5. The number of nitrogens with zero attached hydrogens (tertiary/aromatic N) is 1. The minimum absolute atomic E-state index is 0.632. The molecule has 2 unspecified atom stereocenters. The second-order valence-electron chi connectivity index (χ2n) is 6.42. The van der Waals surface area contributed by atoms with E-state index in [1.807, 2.05) is 0 Å². The largest absolute Gasteiger partial charge is 0.311 e. The van der Waals surface area contributed by atoms with Gasteiger partial charge in [0.05, 0.1) is 0 Å². The number of benzene rings is 1. The Hall–Kier alpha value is -0.860. The summed E-state index contributed by atoms with van der Waals surface area (Å²) in [7, 11) is 0. The van der Waals surface area contributed by atoms with Crippen molar-refractivity contribution in [2.75, 3.05) is 13.1 Å². The Morgan fingerprint density at radius 3 is 2.35 bits per heavy atom. The number of hydrogen-bond donors (Lipinski definition) is 1. The average Bonchev–Trinajstić information content (AvgIpc) is 2.48. The van der Waals surface area contributed by atoms with Gasteiger partial charge in [-0.25, -0.2) is 0 Å². The van der Waals surface area contributed by atoms with E-state index in [0.29, 0.717) is 18.0 Å². The second kappa shape index (κ2) is 7.24. The van der Waals surface area contributed by atoms with Crippen LogP contribution in [0.4, 0.5) is 0 Å². The number of aryl methyl sites for hydroxylation is 1. The summed E-state index contributed by atoms with van der Waals surface area (Å²) in [5.41, 5.74) is 2.88. The third-order valence-corrected chi connectivity index (χ3v) is 4.66. The number of piperazine rings is 1. The van der Waals surface area contributed by atoms with Crippen molar-refractivity contribution in [2.24, 2.45) is 5.92 Å². The molecule has 1 heterocycles. The van der Waals surface area contributed by atoms with Crippen molar-refractivity contribution in [2.45, 2.75) is 59.2 Å². The molecule has 0 aromatic heterocycles. The highest BCUT2D eigenvalue weighted by molar-refractivity contribution is 5.22. The van der Waals surface area contributed by atoms with Crippen LogP contribution >= 0.6 is 0 Å². The lowest BCUT2D eigenvalue weighted by Gasteiger charge is -2.41. The van der Waals surface area contributed by atoms with E-state index in [4.69, 9.17) is 0 Å². The van der Waals surface area contributed by atoms with E-state index in [-0.39, 0.29) is 0 Å². The van der Waals surface area contributed by atoms with Crippen molar-refractivity contribution in [1.82, 2.24) is 10.2 Å². The van der Waals surface area contributed by atoms with E-state index in [1.165, 1.54) is 24.1 Å². The minimum Gasteiger partial charge on any atom is -0.311 e. The summed E-state index contributed by atoms with van der Waals surface area (Å²) in [5.74, 6) is 0.706. The van der Waals surface area contributed by atoms with Crippen LogP contribution in [0.5, 0.6) is 0 Å². The Bertz CT molecular complexity index is 396. The maximum absolute atomic E-state index is 3.71.